The summed E-state index contributed by atoms with van der Waals surface area (Å²) in [4.78, 5) is 2.58. The lowest BCUT2D eigenvalue weighted by molar-refractivity contribution is 0.201. The third kappa shape index (κ3) is 3.27. The van der Waals surface area contributed by atoms with Crippen LogP contribution in [-0.2, 0) is 19.5 Å². The van der Waals surface area contributed by atoms with E-state index in [9.17, 15) is 0 Å². The molecule has 0 atom stereocenters. The van der Waals surface area contributed by atoms with Gasteiger partial charge in [-0.1, -0.05) is 60.7 Å². The van der Waals surface area contributed by atoms with Gasteiger partial charge in [-0.25, -0.2) is 0 Å². The van der Waals surface area contributed by atoms with Crippen molar-refractivity contribution >= 4 is 0 Å². The number of fused-ring (bicyclic) bond motifs is 1. The molecule has 0 aliphatic carbocycles. The molecule has 25 heavy (non-hydrogen) atoms. The summed E-state index contributed by atoms with van der Waals surface area (Å²) in [6, 6.07) is 22.2. The van der Waals surface area contributed by atoms with Crippen molar-refractivity contribution in [3.63, 3.8) is 0 Å². The van der Waals surface area contributed by atoms with E-state index in [0.717, 1.165) is 26.1 Å². The maximum Gasteiger partial charge on any atom is 0.0473 e. The van der Waals surface area contributed by atoms with Crippen LogP contribution in [0.2, 0.25) is 0 Å². The molecule has 0 saturated carbocycles. The van der Waals surface area contributed by atoms with Gasteiger partial charge in [0.25, 0.3) is 0 Å². The van der Waals surface area contributed by atoms with Crippen molar-refractivity contribution in [1.82, 2.24) is 9.47 Å². The average molecular weight is 330 g/mol. The molecule has 3 aromatic rings. The maximum atomic E-state index is 2.58. The van der Waals surface area contributed by atoms with Crippen LogP contribution in [0.4, 0.5) is 0 Å². The Kier molecular flexibility index (Phi) is 4.46. The number of benzene rings is 2. The van der Waals surface area contributed by atoms with Crippen LogP contribution in [0, 0.1) is 0 Å². The molecule has 2 aromatic carbocycles. The Morgan fingerprint density at radius 1 is 0.920 bits per heavy atom. The summed E-state index contributed by atoms with van der Waals surface area (Å²) >= 11 is 0. The lowest BCUT2D eigenvalue weighted by Crippen LogP contribution is -2.36. The van der Waals surface area contributed by atoms with Crippen LogP contribution in [0.1, 0.15) is 30.7 Å². The van der Waals surface area contributed by atoms with Crippen molar-refractivity contribution in [2.24, 2.45) is 0 Å². The molecule has 2 nitrogen and oxygen atoms in total. The van der Waals surface area contributed by atoms with E-state index in [-0.39, 0.29) is 0 Å². The Bertz CT molecular complexity index is 831. The molecule has 1 aromatic heterocycles. The molecule has 0 N–H and O–H groups in total. The van der Waals surface area contributed by atoms with Crippen molar-refractivity contribution in [1.29, 1.82) is 0 Å². The minimum atomic E-state index is 0.592. The molecular weight excluding hydrogens is 304 g/mol. The zero-order valence-corrected chi connectivity index (χ0v) is 15.2. The molecule has 0 fully saturated rings. The van der Waals surface area contributed by atoms with Crippen LogP contribution >= 0.6 is 0 Å². The predicted octanol–water partition coefficient (Wildman–Crippen LogP) is 4.97. The van der Waals surface area contributed by atoms with Crippen molar-refractivity contribution < 1.29 is 0 Å². The van der Waals surface area contributed by atoms with Gasteiger partial charge < -0.3 is 4.57 Å². The normalized spacial score (nSPS) is 14.7. The molecule has 1 aliphatic heterocycles. The van der Waals surface area contributed by atoms with Gasteiger partial charge in [0.1, 0.15) is 0 Å². The van der Waals surface area contributed by atoms with E-state index in [1.807, 2.05) is 0 Å². The van der Waals surface area contributed by atoms with Gasteiger partial charge in [0.15, 0.2) is 0 Å². The van der Waals surface area contributed by atoms with Gasteiger partial charge in [-0.3, -0.25) is 4.90 Å². The summed E-state index contributed by atoms with van der Waals surface area (Å²) in [7, 11) is 0. The minimum absolute atomic E-state index is 0.592. The van der Waals surface area contributed by atoms with Crippen LogP contribution in [-0.4, -0.2) is 22.1 Å². The highest BCUT2D eigenvalue weighted by Crippen LogP contribution is 2.33. The van der Waals surface area contributed by atoms with E-state index in [2.05, 4.69) is 90.2 Å². The van der Waals surface area contributed by atoms with Gasteiger partial charge in [-0.05, 0) is 30.5 Å². The Labute approximate surface area is 150 Å². The summed E-state index contributed by atoms with van der Waals surface area (Å²) in [5, 5.41) is 0. The molecule has 2 heterocycles. The van der Waals surface area contributed by atoms with Gasteiger partial charge in [-0.15, -0.1) is 0 Å². The number of nitrogens with zero attached hydrogens (tertiary/aromatic N) is 2. The summed E-state index contributed by atoms with van der Waals surface area (Å²) in [5.41, 5.74) is 7.13. The van der Waals surface area contributed by atoms with E-state index in [1.165, 1.54) is 27.9 Å². The quantitative estimate of drug-likeness (QED) is 0.656. The largest absolute Gasteiger partial charge is 0.346 e. The Hall–Kier alpha value is -2.32. The Balaban J connectivity index is 1.76. The second-order valence-electron chi connectivity index (χ2n) is 7.26. The van der Waals surface area contributed by atoms with Crippen LogP contribution in [0.25, 0.3) is 11.1 Å². The fourth-order valence-corrected chi connectivity index (χ4v) is 3.87. The topological polar surface area (TPSA) is 8.17 Å². The third-order valence-electron chi connectivity index (χ3n) is 5.31. The molecular formula is C23H26N2. The summed E-state index contributed by atoms with van der Waals surface area (Å²) in [6.45, 7) is 7.76. The predicted molar refractivity (Wildman–Crippen MR) is 105 cm³/mol. The van der Waals surface area contributed by atoms with Gasteiger partial charge in [-0.2, -0.15) is 0 Å². The van der Waals surface area contributed by atoms with Crippen molar-refractivity contribution in [3.8, 4) is 11.1 Å². The second-order valence-corrected chi connectivity index (χ2v) is 7.26. The first-order chi connectivity index (χ1) is 12.2. The second kappa shape index (κ2) is 6.89. The standard InChI is InChI=1S/C23H26N2/c1-18(2)24-14-13-23-22(17-24)21(20-11-7-4-8-12-20)16-25(23)15-19-9-5-3-6-10-19/h3-12,16,18H,13-15,17H2,1-2H3. The molecule has 0 unspecified atom stereocenters. The van der Waals surface area contributed by atoms with Crippen LogP contribution in [0.5, 0.6) is 0 Å². The third-order valence-corrected chi connectivity index (χ3v) is 5.31. The molecule has 1 aliphatic rings. The number of hydrogen-bond acceptors (Lipinski definition) is 1. The first-order valence-electron chi connectivity index (χ1n) is 9.26. The van der Waals surface area contributed by atoms with Crippen LogP contribution < -0.4 is 0 Å². The summed E-state index contributed by atoms with van der Waals surface area (Å²) < 4.78 is 2.48. The fraction of sp³-hybridized carbons (Fsp3) is 0.304. The highest BCUT2D eigenvalue weighted by atomic mass is 15.2. The lowest BCUT2D eigenvalue weighted by Gasteiger charge is -2.31. The zero-order valence-electron chi connectivity index (χ0n) is 15.2. The first kappa shape index (κ1) is 16.2. The monoisotopic (exact) mass is 330 g/mol. The highest BCUT2D eigenvalue weighted by molar-refractivity contribution is 5.69. The maximum absolute atomic E-state index is 2.58. The highest BCUT2D eigenvalue weighted by Gasteiger charge is 2.25. The lowest BCUT2D eigenvalue weighted by atomic mass is 9.98. The fourth-order valence-electron chi connectivity index (χ4n) is 3.87. The van der Waals surface area contributed by atoms with E-state index >= 15 is 0 Å². The molecule has 0 bridgehead atoms. The van der Waals surface area contributed by atoms with Crippen molar-refractivity contribution in [2.75, 3.05) is 6.54 Å². The Morgan fingerprint density at radius 3 is 2.28 bits per heavy atom. The van der Waals surface area contributed by atoms with Gasteiger partial charge in [0.05, 0.1) is 0 Å². The van der Waals surface area contributed by atoms with Crippen molar-refractivity contribution in [3.05, 3.63) is 83.7 Å². The molecule has 0 radical (unpaired) electrons. The molecule has 0 amide bonds. The average Bonchev–Trinajstić information content (AvgIpc) is 3.01. The molecule has 0 spiro atoms. The zero-order chi connectivity index (χ0) is 17.2. The van der Waals surface area contributed by atoms with Crippen LogP contribution in [0.15, 0.2) is 66.9 Å². The Morgan fingerprint density at radius 2 is 1.60 bits per heavy atom. The molecule has 2 heteroatoms. The van der Waals surface area contributed by atoms with E-state index in [4.69, 9.17) is 0 Å². The van der Waals surface area contributed by atoms with E-state index < -0.39 is 0 Å². The number of aromatic nitrogens is 1. The van der Waals surface area contributed by atoms with Crippen molar-refractivity contribution in [2.45, 2.75) is 39.4 Å². The number of rotatable bonds is 4. The van der Waals surface area contributed by atoms with Gasteiger partial charge in [0, 0.05) is 49.6 Å². The van der Waals surface area contributed by atoms with Gasteiger partial charge in [0.2, 0.25) is 0 Å². The van der Waals surface area contributed by atoms with E-state index in [1.54, 1.807) is 0 Å². The van der Waals surface area contributed by atoms with Crippen LogP contribution in [0.3, 0.4) is 0 Å². The minimum Gasteiger partial charge on any atom is -0.346 e. The first-order valence-corrected chi connectivity index (χ1v) is 9.26. The summed E-state index contributed by atoms with van der Waals surface area (Å²) in [5.74, 6) is 0. The summed E-state index contributed by atoms with van der Waals surface area (Å²) in [6.07, 6.45) is 3.50. The number of hydrogen-bond donors (Lipinski definition) is 0. The van der Waals surface area contributed by atoms with Gasteiger partial charge >= 0.3 is 0 Å². The smallest absolute Gasteiger partial charge is 0.0473 e. The SMILES string of the molecule is CC(C)N1CCc2c(c(-c3ccccc3)cn2Cc2ccccc2)C1. The molecule has 4 rings (SSSR count). The van der Waals surface area contributed by atoms with E-state index in [0.29, 0.717) is 6.04 Å². The molecule has 0 saturated heterocycles. The molecule has 128 valence electrons.